The highest BCUT2D eigenvalue weighted by molar-refractivity contribution is 5.83. The van der Waals surface area contributed by atoms with E-state index in [1.54, 1.807) is 32.8 Å². The van der Waals surface area contributed by atoms with Crippen LogP contribution >= 0.6 is 0 Å². The van der Waals surface area contributed by atoms with Gasteiger partial charge in [-0.15, -0.1) is 0 Å². The monoisotopic (exact) mass is 454 g/mol. The third-order valence-corrected chi connectivity index (χ3v) is 5.22. The summed E-state index contributed by atoms with van der Waals surface area (Å²) in [6.45, 7) is 5.46. The van der Waals surface area contributed by atoms with Crippen molar-refractivity contribution in [3.63, 3.8) is 0 Å². The van der Waals surface area contributed by atoms with E-state index < -0.39 is 0 Å². The van der Waals surface area contributed by atoms with E-state index in [2.05, 4.69) is 22.5 Å². The first-order chi connectivity index (χ1) is 15.9. The van der Waals surface area contributed by atoms with Crippen LogP contribution in [0, 0.1) is 6.92 Å². The van der Waals surface area contributed by atoms with Gasteiger partial charge in [-0.1, -0.05) is 13.3 Å². The van der Waals surface area contributed by atoms with Crippen molar-refractivity contribution in [2.24, 2.45) is 0 Å². The summed E-state index contributed by atoms with van der Waals surface area (Å²) >= 11 is 0. The number of nitrogens with zero attached hydrogens (tertiary/aromatic N) is 2. The topological polar surface area (TPSA) is 92.8 Å². The molecule has 0 bridgehead atoms. The Balaban J connectivity index is 2.37. The number of amides is 2. The van der Waals surface area contributed by atoms with E-state index >= 15 is 0 Å². The summed E-state index contributed by atoms with van der Waals surface area (Å²) in [7, 11) is 5.08. The molecule has 178 valence electrons. The molecule has 0 fully saturated rings. The number of carbonyl (C=O) groups excluding carboxylic acids is 2. The zero-order valence-electron chi connectivity index (χ0n) is 20.1. The predicted octanol–water partition coefficient (Wildman–Crippen LogP) is 2.89. The molecule has 2 amide bonds. The lowest BCUT2D eigenvalue weighted by molar-refractivity contribution is -0.122. The Morgan fingerprint density at radius 3 is 2.48 bits per heavy atom. The molecule has 0 saturated heterocycles. The molecule has 8 nitrogen and oxygen atoms in total. The van der Waals surface area contributed by atoms with Crippen LogP contribution in [0.1, 0.15) is 42.0 Å². The Morgan fingerprint density at radius 2 is 1.91 bits per heavy atom. The lowest BCUT2D eigenvalue weighted by atomic mass is 9.94. The van der Waals surface area contributed by atoms with E-state index in [0.29, 0.717) is 31.0 Å². The summed E-state index contributed by atoms with van der Waals surface area (Å²) in [5.74, 6) is 1.25. The van der Waals surface area contributed by atoms with Gasteiger partial charge in [0.1, 0.15) is 11.5 Å². The quantitative estimate of drug-likeness (QED) is 0.357. The van der Waals surface area contributed by atoms with Crippen LogP contribution in [0.2, 0.25) is 0 Å². The number of methoxy groups -OCH3 is 2. The van der Waals surface area contributed by atoms with Crippen LogP contribution in [0.3, 0.4) is 0 Å². The number of hydrogen-bond acceptors (Lipinski definition) is 6. The molecule has 0 aliphatic rings. The molecule has 2 N–H and O–H groups in total. The van der Waals surface area contributed by atoms with Crippen molar-refractivity contribution in [1.29, 1.82) is 0 Å². The van der Waals surface area contributed by atoms with Crippen LogP contribution in [0.25, 0.3) is 5.57 Å². The second-order valence-electron chi connectivity index (χ2n) is 7.77. The zero-order valence-corrected chi connectivity index (χ0v) is 20.1. The number of carbonyl (C=O) groups is 2. The van der Waals surface area contributed by atoms with Crippen LogP contribution in [-0.2, 0) is 16.1 Å². The molecule has 2 aromatic rings. The fourth-order valence-corrected chi connectivity index (χ4v) is 3.54. The van der Waals surface area contributed by atoms with E-state index in [-0.39, 0.29) is 12.5 Å². The van der Waals surface area contributed by atoms with Crippen molar-refractivity contribution in [2.45, 2.75) is 33.2 Å². The minimum atomic E-state index is -0.0150. The maximum atomic E-state index is 12.2. The molecule has 2 rings (SSSR count). The van der Waals surface area contributed by atoms with Crippen molar-refractivity contribution in [3.8, 4) is 11.5 Å². The van der Waals surface area contributed by atoms with Crippen molar-refractivity contribution in [3.05, 3.63) is 59.0 Å². The van der Waals surface area contributed by atoms with E-state index in [0.717, 1.165) is 40.7 Å². The van der Waals surface area contributed by atoms with Gasteiger partial charge < -0.3 is 20.1 Å². The maximum absolute atomic E-state index is 12.2. The molecule has 1 heterocycles. The molecule has 1 aromatic heterocycles. The summed E-state index contributed by atoms with van der Waals surface area (Å²) < 4.78 is 11.4. The normalized spacial score (nSPS) is 11.3. The largest absolute Gasteiger partial charge is 0.496 e. The number of ether oxygens (including phenoxy) is 2. The highest BCUT2D eigenvalue weighted by atomic mass is 16.5. The van der Waals surface area contributed by atoms with Gasteiger partial charge in [-0.25, -0.2) is 0 Å². The Hall–Kier alpha value is -3.39. The summed E-state index contributed by atoms with van der Waals surface area (Å²) in [5.41, 5.74) is 4.34. The third-order valence-electron chi connectivity index (χ3n) is 5.22. The number of likely N-dealkylation sites (N-methyl/N-ethyl adjacent to an activating group) is 1. The molecule has 0 aliphatic heterocycles. The number of benzene rings is 1. The van der Waals surface area contributed by atoms with Gasteiger partial charge in [0.2, 0.25) is 12.3 Å². The molecular weight excluding hydrogens is 420 g/mol. The van der Waals surface area contributed by atoms with Gasteiger partial charge in [-0.3, -0.25) is 19.5 Å². The van der Waals surface area contributed by atoms with Gasteiger partial charge in [-0.2, -0.15) is 0 Å². The number of aromatic nitrogens is 1. The summed E-state index contributed by atoms with van der Waals surface area (Å²) in [5, 5.41) is 5.57. The Morgan fingerprint density at radius 1 is 1.21 bits per heavy atom. The summed E-state index contributed by atoms with van der Waals surface area (Å²) in [6.07, 6.45) is 7.75. The molecule has 0 spiro atoms. The minimum absolute atomic E-state index is 0.0150. The maximum Gasteiger partial charge on any atom is 0.234 e. The van der Waals surface area contributed by atoms with Gasteiger partial charge in [0.05, 0.1) is 26.3 Å². The SMILES string of the molecule is CCCCNC(=O)CN(C)Cc1c(OC)cc(/C(=C/NC=O)c2ccncc2C)cc1OC. The van der Waals surface area contributed by atoms with Gasteiger partial charge >= 0.3 is 0 Å². The van der Waals surface area contributed by atoms with E-state index in [1.807, 2.05) is 37.1 Å². The Bertz CT molecular complexity index is 950. The fraction of sp³-hybridized carbons (Fsp3) is 0.400. The van der Waals surface area contributed by atoms with E-state index in [1.165, 1.54) is 0 Å². The van der Waals surface area contributed by atoms with Crippen molar-refractivity contribution >= 4 is 17.9 Å². The molecule has 0 saturated carbocycles. The summed E-state index contributed by atoms with van der Waals surface area (Å²) in [4.78, 5) is 29.3. The lowest BCUT2D eigenvalue weighted by Gasteiger charge is -2.22. The van der Waals surface area contributed by atoms with Crippen molar-refractivity contribution in [1.82, 2.24) is 20.5 Å². The molecule has 0 aliphatic carbocycles. The van der Waals surface area contributed by atoms with Gasteiger partial charge in [0.15, 0.2) is 0 Å². The van der Waals surface area contributed by atoms with Crippen LogP contribution in [-0.4, -0.2) is 56.6 Å². The van der Waals surface area contributed by atoms with Crippen LogP contribution in [0.4, 0.5) is 0 Å². The lowest BCUT2D eigenvalue weighted by Crippen LogP contribution is -2.35. The third kappa shape index (κ3) is 7.32. The number of pyridine rings is 1. The van der Waals surface area contributed by atoms with Crippen molar-refractivity contribution in [2.75, 3.05) is 34.4 Å². The zero-order chi connectivity index (χ0) is 24.2. The molecule has 1 aromatic carbocycles. The smallest absolute Gasteiger partial charge is 0.234 e. The van der Waals surface area contributed by atoms with Gasteiger partial charge in [0.25, 0.3) is 0 Å². The van der Waals surface area contributed by atoms with E-state index in [9.17, 15) is 9.59 Å². The second kappa shape index (κ2) is 13.2. The fourth-order valence-electron chi connectivity index (χ4n) is 3.54. The number of hydrogen-bond donors (Lipinski definition) is 2. The Labute approximate surface area is 196 Å². The van der Waals surface area contributed by atoms with E-state index in [4.69, 9.17) is 9.47 Å². The standard InChI is InChI=1S/C25H34N4O4/c1-6-7-9-28-25(31)16-29(3)15-22-23(32-4)11-19(12-24(22)33-5)21(14-27-17-30)20-8-10-26-13-18(20)2/h8,10-14,17H,6-7,9,15-16H2,1-5H3,(H,27,30)(H,28,31)/b21-14-. The minimum Gasteiger partial charge on any atom is -0.496 e. The molecular formula is C25H34N4O4. The average molecular weight is 455 g/mol. The highest BCUT2D eigenvalue weighted by Crippen LogP contribution is 2.36. The molecule has 8 heteroatoms. The second-order valence-corrected chi connectivity index (χ2v) is 7.77. The Kier molecular flexibility index (Phi) is 10.4. The van der Waals surface area contributed by atoms with Gasteiger partial charge in [-0.05, 0) is 55.3 Å². The number of unbranched alkanes of at least 4 members (excludes halogenated alkanes) is 1. The van der Waals surface area contributed by atoms with Crippen LogP contribution < -0.4 is 20.1 Å². The number of aryl methyl sites for hydroxylation is 1. The average Bonchev–Trinajstić information content (AvgIpc) is 2.80. The van der Waals surface area contributed by atoms with Crippen molar-refractivity contribution < 1.29 is 19.1 Å². The number of nitrogens with one attached hydrogen (secondary N) is 2. The first-order valence-corrected chi connectivity index (χ1v) is 11.0. The van der Waals surface area contributed by atoms with Gasteiger partial charge in [0, 0.05) is 37.3 Å². The molecule has 0 atom stereocenters. The molecule has 0 radical (unpaired) electrons. The highest BCUT2D eigenvalue weighted by Gasteiger charge is 2.19. The first-order valence-electron chi connectivity index (χ1n) is 11.0. The summed E-state index contributed by atoms with van der Waals surface area (Å²) in [6, 6.07) is 5.71. The first kappa shape index (κ1) is 25.9. The molecule has 33 heavy (non-hydrogen) atoms. The molecule has 0 unspecified atom stereocenters. The predicted molar refractivity (Wildman–Crippen MR) is 129 cm³/mol. The van der Waals surface area contributed by atoms with Crippen LogP contribution in [0.5, 0.6) is 11.5 Å². The number of rotatable bonds is 13. The van der Waals surface area contributed by atoms with Crippen LogP contribution in [0.15, 0.2) is 36.8 Å².